The number of halogens is 2. The molecule has 1 amide bonds. The maximum atomic E-state index is 13.1. The molecule has 0 fully saturated rings. The summed E-state index contributed by atoms with van der Waals surface area (Å²) in [7, 11) is -1.27. The van der Waals surface area contributed by atoms with Crippen molar-refractivity contribution in [2.45, 2.75) is 18.4 Å². The van der Waals surface area contributed by atoms with E-state index >= 15 is 0 Å². The number of nitrogens with zero attached hydrogens (tertiary/aromatic N) is 3. The third-order valence-electron chi connectivity index (χ3n) is 4.54. The van der Waals surface area contributed by atoms with E-state index in [-0.39, 0.29) is 28.0 Å². The first kappa shape index (κ1) is 22.9. The van der Waals surface area contributed by atoms with Crippen molar-refractivity contribution in [2.75, 3.05) is 19.5 Å². The molecule has 3 aromatic rings. The van der Waals surface area contributed by atoms with Gasteiger partial charge in [-0.05, 0) is 48.9 Å². The molecule has 8 nitrogen and oxygen atoms in total. The Hall–Kier alpha value is -2.79. The standard InChI is InChI=1S/C20H20ClFN4O4S/c1-13-18(19(21)26(24-13)12-14-4-6-15(22)7-5-14)20(27)23-16-8-10-17(11-9-16)31(28,29)25(2)30-3/h4-11H,12H2,1-3H3,(H,23,27). The van der Waals surface area contributed by atoms with Gasteiger partial charge in [0.2, 0.25) is 0 Å². The molecule has 11 heteroatoms. The lowest BCUT2D eigenvalue weighted by atomic mass is 10.2. The Morgan fingerprint density at radius 2 is 1.81 bits per heavy atom. The number of hydroxylamine groups is 1. The summed E-state index contributed by atoms with van der Waals surface area (Å²) in [6, 6.07) is 11.5. The molecule has 2 aromatic carbocycles. The SMILES string of the molecule is CON(C)S(=O)(=O)c1ccc(NC(=O)c2c(C)nn(Cc3ccc(F)cc3)c2Cl)cc1. The van der Waals surface area contributed by atoms with Crippen molar-refractivity contribution in [1.29, 1.82) is 0 Å². The van der Waals surface area contributed by atoms with Gasteiger partial charge in [0.25, 0.3) is 15.9 Å². The molecule has 0 bridgehead atoms. The van der Waals surface area contributed by atoms with Crippen LogP contribution in [0.4, 0.5) is 10.1 Å². The van der Waals surface area contributed by atoms with Gasteiger partial charge in [-0.15, -0.1) is 0 Å². The van der Waals surface area contributed by atoms with Gasteiger partial charge >= 0.3 is 0 Å². The fourth-order valence-corrected chi connectivity index (χ4v) is 4.12. The zero-order valence-corrected chi connectivity index (χ0v) is 18.5. The normalized spacial score (nSPS) is 11.7. The third kappa shape index (κ3) is 4.93. The van der Waals surface area contributed by atoms with Crippen LogP contribution in [0.25, 0.3) is 0 Å². The number of hydrogen-bond donors (Lipinski definition) is 1. The number of aryl methyl sites for hydroxylation is 1. The Balaban J connectivity index is 1.78. The Labute approximate surface area is 184 Å². The summed E-state index contributed by atoms with van der Waals surface area (Å²) in [4.78, 5) is 17.5. The highest BCUT2D eigenvalue weighted by atomic mass is 35.5. The molecule has 0 spiro atoms. The minimum atomic E-state index is -3.79. The van der Waals surface area contributed by atoms with Crippen LogP contribution in [0.15, 0.2) is 53.4 Å². The van der Waals surface area contributed by atoms with Crippen LogP contribution in [0.3, 0.4) is 0 Å². The van der Waals surface area contributed by atoms with Gasteiger partial charge in [0.05, 0.1) is 29.8 Å². The van der Waals surface area contributed by atoms with Crippen molar-refractivity contribution in [3.05, 3.63) is 76.3 Å². The van der Waals surface area contributed by atoms with Gasteiger partial charge in [0.15, 0.2) is 0 Å². The van der Waals surface area contributed by atoms with Gasteiger partial charge in [-0.1, -0.05) is 28.2 Å². The summed E-state index contributed by atoms with van der Waals surface area (Å²) >= 11 is 6.37. The van der Waals surface area contributed by atoms with E-state index in [0.717, 1.165) is 10.0 Å². The van der Waals surface area contributed by atoms with Crippen LogP contribution in [-0.2, 0) is 21.4 Å². The fraction of sp³-hybridized carbons (Fsp3) is 0.200. The van der Waals surface area contributed by atoms with Gasteiger partial charge < -0.3 is 5.32 Å². The highest BCUT2D eigenvalue weighted by Crippen LogP contribution is 2.23. The predicted octanol–water partition coefficient (Wildman–Crippen LogP) is 3.47. The molecule has 0 saturated heterocycles. The lowest BCUT2D eigenvalue weighted by molar-refractivity contribution is -0.0258. The van der Waals surface area contributed by atoms with E-state index in [1.165, 1.54) is 55.2 Å². The van der Waals surface area contributed by atoms with Gasteiger partial charge in [-0.25, -0.2) is 17.5 Å². The topological polar surface area (TPSA) is 93.5 Å². The second-order valence-corrected chi connectivity index (χ2v) is 8.90. The molecule has 0 aliphatic heterocycles. The highest BCUT2D eigenvalue weighted by Gasteiger charge is 2.22. The zero-order valence-electron chi connectivity index (χ0n) is 17.0. The van der Waals surface area contributed by atoms with Gasteiger partial charge in [0, 0.05) is 12.7 Å². The maximum absolute atomic E-state index is 13.1. The number of benzene rings is 2. The molecular weight excluding hydrogens is 447 g/mol. The molecule has 0 unspecified atom stereocenters. The van der Waals surface area contributed by atoms with Crippen molar-refractivity contribution in [1.82, 2.24) is 14.2 Å². The molecule has 0 atom stereocenters. The number of rotatable bonds is 7. The largest absolute Gasteiger partial charge is 0.322 e. The molecule has 3 rings (SSSR count). The summed E-state index contributed by atoms with van der Waals surface area (Å²) < 4.78 is 39.8. The van der Waals surface area contributed by atoms with Crippen LogP contribution in [-0.4, -0.2) is 42.7 Å². The number of nitrogens with one attached hydrogen (secondary N) is 1. The van der Waals surface area contributed by atoms with E-state index in [1.807, 2.05) is 0 Å². The first-order valence-corrected chi connectivity index (χ1v) is 10.9. The minimum Gasteiger partial charge on any atom is -0.322 e. The molecule has 1 aromatic heterocycles. The third-order valence-corrected chi connectivity index (χ3v) is 6.62. The Morgan fingerprint density at radius 3 is 2.39 bits per heavy atom. The molecule has 31 heavy (non-hydrogen) atoms. The van der Waals surface area contributed by atoms with Gasteiger partial charge in [-0.3, -0.25) is 9.63 Å². The molecule has 164 valence electrons. The van der Waals surface area contributed by atoms with Crippen molar-refractivity contribution in [2.24, 2.45) is 0 Å². The number of carbonyl (C=O) groups excluding carboxylic acids is 1. The Kier molecular flexibility index (Phi) is 6.75. The minimum absolute atomic E-state index is 0.0104. The fourth-order valence-electron chi connectivity index (χ4n) is 2.83. The molecule has 0 radical (unpaired) electrons. The van der Waals surface area contributed by atoms with E-state index < -0.39 is 15.9 Å². The van der Waals surface area contributed by atoms with Gasteiger partial charge in [-0.2, -0.15) is 5.10 Å². The predicted molar refractivity (Wildman–Crippen MR) is 114 cm³/mol. The molecule has 0 aliphatic carbocycles. The highest BCUT2D eigenvalue weighted by molar-refractivity contribution is 7.89. The smallest absolute Gasteiger partial charge is 0.264 e. The number of anilines is 1. The average Bonchev–Trinajstić information content (AvgIpc) is 3.02. The van der Waals surface area contributed by atoms with Crippen LogP contribution in [0.2, 0.25) is 5.15 Å². The summed E-state index contributed by atoms with van der Waals surface area (Å²) in [5.41, 5.74) is 1.77. The van der Waals surface area contributed by atoms with E-state index in [1.54, 1.807) is 19.1 Å². The molecular formula is C20H20ClFN4O4S. The Morgan fingerprint density at radius 1 is 1.19 bits per heavy atom. The van der Waals surface area contributed by atoms with Crippen LogP contribution >= 0.6 is 11.6 Å². The van der Waals surface area contributed by atoms with Gasteiger partial charge in [0.1, 0.15) is 11.0 Å². The van der Waals surface area contributed by atoms with Crippen molar-refractivity contribution >= 4 is 33.2 Å². The molecule has 0 saturated carbocycles. The van der Waals surface area contributed by atoms with E-state index in [9.17, 15) is 17.6 Å². The first-order valence-electron chi connectivity index (χ1n) is 9.05. The quantitative estimate of drug-likeness (QED) is 0.538. The summed E-state index contributed by atoms with van der Waals surface area (Å²) in [6.07, 6.45) is 0. The summed E-state index contributed by atoms with van der Waals surface area (Å²) in [5, 5.41) is 7.12. The molecule has 1 heterocycles. The molecule has 0 aliphatic rings. The Bertz CT molecular complexity index is 1200. The lowest BCUT2D eigenvalue weighted by Gasteiger charge is -2.14. The number of carbonyl (C=O) groups is 1. The van der Waals surface area contributed by atoms with Crippen LogP contribution in [0.1, 0.15) is 21.6 Å². The first-order chi connectivity index (χ1) is 14.6. The lowest BCUT2D eigenvalue weighted by Crippen LogP contribution is -2.25. The second kappa shape index (κ2) is 9.15. The maximum Gasteiger partial charge on any atom is 0.264 e. The monoisotopic (exact) mass is 466 g/mol. The van der Waals surface area contributed by atoms with Crippen molar-refractivity contribution < 1.29 is 22.4 Å². The van der Waals surface area contributed by atoms with E-state index in [2.05, 4.69) is 10.4 Å². The number of aromatic nitrogens is 2. The van der Waals surface area contributed by atoms with E-state index in [0.29, 0.717) is 11.4 Å². The van der Waals surface area contributed by atoms with E-state index in [4.69, 9.17) is 16.4 Å². The summed E-state index contributed by atoms with van der Waals surface area (Å²) in [5.74, 6) is -0.836. The van der Waals surface area contributed by atoms with Crippen molar-refractivity contribution in [3.63, 3.8) is 0 Å². The van der Waals surface area contributed by atoms with Crippen molar-refractivity contribution in [3.8, 4) is 0 Å². The summed E-state index contributed by atoms with van der Waals surface area (Å²) in [6.45, 7) is 1.92. The molecule has 1 N–H and O–H groups in total. The number of sulfonamides is 1. The van der Waals surface area contributed by atoms with Crippen LogP contribution in [0, 0.1) is 12.7 Å². The zero-order chi connectivity index (χ0) is 22.8. The second-order valence-electron chi connectivity index (χ2n) is 6.61. The average molecular weight is 467 g/mol. The number of amides is 1. The van der Waals surface area contributed by atoms with Crippen LogP contribution < -0.4 is 5.32 Å². The number of hydrogen-bond acceptors (Lipinski definition) is 5. The van der Waals surface area contributed by atoms with Crippen LogP contribution in [0.5, 0.6) is 0 Å².